The van der Waals surface area contributed by atoms with E-state index in [1.807, 2.05) is 0 Å². The quantitative estimate of drug-likeness (QED) is 0.834. The summed E-state index contributed by atoms with van der Waals surface area (Å²) < 4.78 is 1.21. The fraction of sp³-hybridized carbons (Fsp3) is 0.647. The molecule has 104 valence electrons. The SMILES string of the molecule is CC1(CNC2CC(c3cccc(Br)c3)C2)CCCC1. The van der Waals surface area contributed by atoms with Crippen LogP contribution in [0.3, 0.4) is 0 Å². The smallest absolute Gasteiger partial charge is 0.0178 e. The molecule has 0 spiro atoms. The van der Waals surface area contributed by atoms with Crippen LogP contribution in [-0.4, -0.2) is 12.6 Å². The van der Waals surface area contributed by atoms with Gasteiger partial charge < -0.3 is 5.32 Å². The number of benzene rings is 1. The second kappa shape index (κ2) is 5.57. The Labute approximate surface area is 125 Å². The van der Waals surface area contributed by atoms with Gasteiger partial charge in [-0.05, 0) is 54.7 Å². The molecule has 3 rings (SSSR count). The van der Waals surface area contributed by atoms with Gasteiger partial charge in [-0.2, -0.15) is 0 Å². The van der Waals surface area contributed by atoms with Gasteiger partial charge in [0.1, 0.15) is 0 Å². The van der Waals surface area contributed by atoms with Crippen LogP contribution < -0.4 is 5.32 Å². The Balaban J connectivity index is 1.45. The molecule has 2 saturated carbocycles. The van der Waals surface area contributed by atoms with Gasteiger partial charge in [0, 0.05) is 17.1 Å². The molecule has 1 aromatic rings. The lowest BCUT2D eigenvalue weighted by Gasteiger charge is -2.38. The van der Waals surface area contributed by atoms with E-state index in [0.29, 0.717) is 5.41 Å². The monoisotopic (exact) mass is 321 g/mol. The summed E-state index contributed by atoms with van der Waals surface area (Å²) in [5.74, 6) is 0.770. The van der Waals surface area contributed by atoms with Gasteiger partial charge in [0.05, 0.1) is 0 Å². The summed E-state index contributed by atoms with van der Waals surface area (Å²) >= 11 is 3.57. The highest BCUT2D eigenvalue weighted by atomic mass is 79.9. The summed E-state index contributed by atoms with van der Waals surface area (Å²) in [6.07, 6.45) is 8.33. The Morgan fingerprint density at radius 3 is 2.68 bits per heavy atom. The molecule has 1 nitrogen and oxygen atoms in total. The Morgan fingerprint density at radius 2 is 2.00 bits per heavy atom. The molecular formula is C17H24BrN. The molecule has 0 unspecified atom stereocenters. The zero-order valence-electron chi connectivity index (χ0n) is 11.8. The summed E-state index contributed by atoms with van der Waals surface area (Å²) in [5.41, 5.74) is 2.08. The molecule has 0 heterocycles. The van der Waals surface area contributed by atoms with Gasteiger partial charge in [-0.1, -0.05) is 47.8 Å². The van der Waals surface area contributed by atoms with Crippen LogP contribution in [0.1, 0.15) is 56.9 Å². The van der Waals surface area contributed by atoms with E-state index in [2.05, 4.69) is 52.4 Å². The van der Waals surface area contributed by atoms with Crippen molar-refractivity contribution in [3.05, 3.63) is 34.3 Å². The van der Waals surface area contributed by atoms with Crippen molar-refractivity contribution < 1.29 is 0 Å². The normalized spacial score (nSPS) is 29.2. The van der Waals surface area contributed by atoms with Crippen LogP contribution in [0.2, 0.25) is 0 Å². The summed E-state index contributed by atoms with van der Waals surface area (Å²) in [5, 5.41) is 3.80. The molecule has 0 radical (unpaired) electrons. The van der Waals surface area contributed by atoms with Crippen molar-refractivity contribution in [2.24, 2.45) is 5.41 Å². The summed E-state index contributed by atoms with van der Waals surface area (Å²) in [4.78, 5) is 0. The second-order valence-corrected chi connectivity index (χ2v) is 7.73. The fourth-order valence-electron chi connectivity index (χ4n) is 3.61. The van der Waals surface area contributed by atoms with Crippen molar-refractivity contribution in [1.29, 1.82) is 0 Å². The lowest BCUT2D eigenvalue weighted by atomic mass is 9.75. The molecule has 1 aromatic carbocycles. The summed E-state index contributed by atoms with van der Waals surface area (Å²) in [6.45, 7) is 3.68. The maximum atomic E-state index is 3.80. The molecule has 0 aromatic heterocycles. The molecule has 2 aliphatic rings. The van der Waals surface area contributed by atoms with E-state index in [1.165, 1.54) is 55.1 Å². The van der Waals surface area contributed by atoms with Gasteiger partial charge in [0.15, 0.2) is 0 Å². The number of nitrogens with one attached hydrogen (secondary N) is 1. The number of hydrogen-bond donors (Lipinski definition) is 1. The van der Waals surface area contributed by atoms with E-state index in [1.54, 1.807) is 0 Å². The molecule has 2 aliphatic carbocycles. The lowest BCUT2D eigenvalue weighted by Crippen LogP contribution is -2.44. The molecule has 0 saturated heterocycles. The predicted molar refractivity (Wildman–Crippen MR) is 84.5 cm³/mol. The van der Waals surface area contributed by atoms with Gasteiger partial charge in [-0.3, -0.25) is 0 Å². The summed E-state index contributed by atoms with van der Waals surface area (Å²) in [7, 11) is 0. The number of rotatable bonds is 4. The molecule has 2 fully saturated rings. The first-order chi connectivity index (χ1) is 9.15. The van der Waals surface area contributed by atoms with Crippen LogP contribution in [0, 0.1) is 5.41 Å². The van der Waals surface area contributed by atoms with Crippen LogP contribution in [0.25, 0.3) is 0 Å². The van der Waals surface area contributed by atoms with Crippen molar-refractivity contribution >= 4 is 15.9 Å². The molecule has 2 heteroatoms. The van der Waals surface area contributed by atoms with E-state index in [9.17, 15) is 0 Å². The van der Waals surface area contributed by atoms with E-state index < -0.39 is 0 Å². The molecular weight excluding hydrogens is 298 g/mol. The topological polar surface area (TPSA) is 12.0 Å². The minimum atomic E-state index is 0.584. The van der Waals surface area contributed by atoms with Crippen LogP contribution in [0.4, 0.5) is 0 Å². The van der Waals surface area contributed by atoms with E-state index in [0.717, 1.165) is 12.0 Å². The maximum Gasteiger partial charge on any atom is 0.0178 e. The van der Waals surface area contributed by atoms with Crippen LogP contribution in [-0.2, 0) is 0 Å². The van der Waals surface area contributed by atoms with Crippen molar-refractivity contribution in [3.63, 3.8) is 0 Å². The van der Waals surface area contributed by atoms with Crippen molar-refractivity contribution in [2.45, 2.75) is 57.4 Å². The number of hydrogen-bond acceptors (Lipinski definition) is 1. The minimum Gasteiger partial charge on any atom is -0.313 e. The first-order valence-electron chi connectivity index (χ1n) is 7.63. The van der Waals surface area contributed by atoms with E-state index in [4.69, 9.17) is 0 Å². The Kier molecular flexibility index (Phi) is 4.00. The van der Waals surface area contributed by atoms with Gasteiger partial charge in [0.2, 0.25) is 0 Å². The minimum absolute atomic E-state index is 0.584. The Hall–Kier alpha value is -0.340. The first-order valence-corrected chi connectivity index (χ1v) is 8.43. The zero-order valence-corrected chi connectivity index (χ0v) is 13.4. The van der Waals surface area contributed by atoms with Crippen molar-refractivity contribution in [3.8, 4) is 0 Å². The third kappa shape index (κ3) is 3.22. The molecule has 1 N–H and O–H groups in total. The highest BCUT2D eigenvalue weighted by Gasteiger charge is 2.33. The fourth-order valence-corrected chi connectivity index (χ4v) is 4.03. The highest BCUT2D eigenvalue weighted by molar-refractivity contribution is 9.10. The average molecular weight is 322 g/mol. The molecule has 19 heavy (non-hydrogen) atoms. The van der Waals surface area contributed by atoms with Crippen LogP contribution >= 0.6 is 15.9 Å². The highest BCUT2D eigenvalue weighted by Crippen LogP contribution is 2.40. The molecule has 0 atom stereocenters. The van der Waals surface area contributed by atoms with Crippen LogP contribution in [0.5, 0.6) is 0 Å². The average Bonchev–Trinajstić information content (AvgIpc) is 2.74. The van der Waals surface area contributed by atoms with Crippen molar-refractivity contribution in [2.75, 3.05) is 6.54 Å². The predicted octanol–water partition coefficient (Wildman–Crippen LogP) is 4.87. The maximum absolute atomic E-state index is 3.80. The number of halogens is 1. The molecule has 0 amide bonds. The Morgan fingerprint density at radius 1 is 1.26 bits per heavy atom. The third-order valence-corrected chi connectivity index (χ3v) is 5.58. The third-order valence-electron chi connectivity index (χ3n) is 5.09. The summed E-state index contributed by atoms with van der Waals surface area (Å²) in [6, 6.07) is 9.56. The zero-order chi connectivity index (χ0) is 13.3. The van der Waals surface area contributed by atoms with Gasteiger partial charge in [0.25, 0.3) is 0 Å². The second-order valence-electron chi connectivity index (χ2n) is 6.82. The van der Waals surface area contributed by atoms with Gasteiger partial charge in [-0.15, -0.1) is 0 Å². The first kappa shape index (κ1) is 13.6. The van der Waals surface area contributed by atoms with E-state index >= 15 is 0 Å². The largest absolute Gasteiger partial charge is 0.313 e. The van der Waals surface area contributed by atoms with Crippen molar-refractivity contribution in [1.82, 2.24) is 5.32 Å². The lowest BCUT2D eigenvalue weighted by molar-refractivity contribution is 0.234. The Bertz CT molecular complexity index is 431. The molecule has 0 bridgehead atoms. The van der Waals surface area contributed by atoms with E-state index in [-0.39, 0.29) is 0 Å². The standard InChI is InChI=1S/C17H24BrN/c1-17(7-2-3-8-17)12-19-16-10-14(11-16)13-5-4-6-15(18)9-13/h4-6,9,14,16,19H,2-3,7-8,10-12H2,1H3. The molecule has 0 aliphatic heterocycles. The van der Waals surface area contributed by atoms with Crippen LogP contribution in [0.15, 0.2) is 28.7 Å². The van der Waals surface area contributed by atoms with Gasteiger partial charge >= 0.3 is 0 Å². The van der Waals surface area contributed by atoms with Gasteiger partial charge in [-0.25, -0.2) is 0 Å².